The molecule has 2 aliphatic rings. The number of rotatable bonds is 7. The number of alkyl carbamates (subject to hydrolysis) is 1. The maximum atomic E-state index is 13.8. The van der Waals surface area contributed by atoms with Gasteiger partial charge in [0, 0.05) is 29.6 Å². The summed E-state index contributed by atoms with van der Waals surface area (Å²) in [5.74, 6) is 0.604. The molecule has 1 saturated heterocycles. The van der Waals surface area contributed by atoms with Gasteiger partial charge in [0.25, 0.3) is 0 Å². The van der Waals surface area contributed by atoms with Crippen LogP contribution >= 0.6 is 22.6 Å². The fourth-order valence-electron chi connectivity index (χ4n) is 5.95. The van der Waals surface area contributed by atoms with Gasteiger partial charge in [-0.15, -0.1) is 0 Å². The Morgan fingerprint density at radius 3 is 2.41 bits per heavy atom. The minimum Gasteiger partial charge on any atom is -0.444 e. The standard InChI is InChI=1S/C28H40IN5O3/c1-27(2,3)37-26(36)32-24(17-21-9-11-23(29)12-10-21)25(35)33-15-13-28(14-16-33,18-34-20-30-19-31-34)22-7-5-4-6-8-22/h9-12,19-20,22,24H,4-8,13-18H2,1-3H3,(H,32,36)/t24-/m1/s1. The van der Waals surface area contributed by atoms with Crippen molar-refractivity contribution >= 4 is 34.6 Å². The molecule has 2 fully saturated rings. The van der Waals surface area contributed by atoms with Crippen molar-refractivity contribution in [3.63, 3.8) is 0 Å². The normalized spacial score (nSPS) is 19.3. The number of nitrogens with zero attached hydrogens (tertiary/aromatic N) is 4. The molecule has 9 heteroatoms. The molecule has 1 aliphatic carbocycles. The summed E-state index contributed by atoms with van der Waals surface area (Å²) in [4.78, 5) is 32.6. The highest BCUT2D eigenvalue weighted by Gasteiger charge is 2.44. The Kier molecular flexibility index (Phi) is 9.13. The van der Waals surface area contributed by atoms with Gasteiger partial charge in [0.2, 0.25) is 5.91 Å². The second-order valence-corrected chi connectivity index (χ2v) is 12.9. The summed E-state index contributed by atoms with van der Waals surface area (Å²) < 4.78 is 8.60. The third-order valence-corrected chi connectivity index (χ3v) is 8.55. The first-order valence-electron chi connectivity index (χ1n) is 13.5. The number of piperidine rings is 1. The Labute approximate surface area is 234 Å². The third kappa shape index (κ3) is 7.67. The van der Waals surface area contributed by atoms with E-state index in [1.54, 1.807) is 6.33 Å². The fourth-order valence-corrected chi connectivity index (χ4v) is 6.31. The van der Waals surface area contributed by atoms with E-state index in [4.69, 9.17) is 4.74 Å². The number of benzene rings is 1. The largest absolute Gasteiger partial charge is 0.444 e. The molecule has 0 bridgehead atoms. The first-order valence-corrected chi connectivity index (χ1v) is 14.6. The topological polar surface area (TPSA) is 89.4 Å². The number of nitrogens with one attached hydrogen (secondary N) is 1. The highest BCUT2D eigenvalue weighted by Crippen LogP contribution is 2.47. The maximum Gasteiger partial charge on any atom is 0.408 e. The molecule has 1 saturated carbocycles. The van der Waals surface area contributed by atoms with E-state index in [0.29, 0.717) is 25.4 Å². The summed E-state index contributed by atoms with van der Waals surface area (Å²) in [7, 11) is 0. The predicted molar refractivity (Wildman–Crippen MR) is 151 cm³/mol. The molecule has 0 radical (unpaired) electrons. The van der Waals surface area contributed by atoms with E-state index in [0.717, 1.165) is 28.5 Å². The predicted octanol–water partition coefficient (Wildman–Crippen LogP) is 5.21. The van der Waals surface area contributed by atoms with Crippen molar-refractivity contribution in [2.24, 2.45) is 11.3 Å². The van der Waals surface area contributed by atoms with E-state index < -0.39 is 17.7 Å². The quantitative estimate of drug-likeness (QED) is 0.429. The van der Waals surface area contributed by atoms with Crippen LogP contribution < -0.4 is 5.32 Å². The third-order valence-electron chi connectivity index (χ3n) is 7.83. The molecular formula is C28H40IN5O3. The van der Waals surface area contributed by atoms with Gasteiger partial charge in [-0.25, -0.2) is 9.78 Å². The zero-order valence-electron chi connectivity index (χ0n) is 22.3. The number of hydrogen-bond donors (Lipinski definition) is 1. The number of carbonyl (C=O) groups is 2. The maximum absolute atomic E-state index is 13.8. The molecule has 2 amide bonds. The number of halogens is 1. The monoisotopic (exact) mass is 621 g/mol. The van der Waals surface area contributed by atoms with Crippen LogP contribution in [0.25, 0.3) is 0 Å². The molecule has 0 spiro atoms. The molecule has 202 valence electrons. The number of likely N-dealkylation sites (tertiary alicyclic amines) is 1. The van der Waals surface area contributed by atoms with Gasteiger partial charge in [0.05, 0.1) is 0 Å². The number of amides is 2. The number of hydrogen-bond acceptors (Lipinski definition) is 5. The lowest BCUT2D eigenvalue weighted by Crippen LogP contribution is -2.55. The Hall–Kier alpha value is -2.17. The van der Waals surface area contributed by atoms with E-state index in [2.05, 4.69) is 38.0 Å². The van der Waals surface area contributed by atoms with Crippen LogP contribution in [-0.4, -0.2) is 56.4 Å². The smallest absolute Gasteiger partial charge is 0.408 e. The highest BCUT2D eigenvalue weighted by molar-refractivity contribution is 14.1. The van der Waals surface area contributed by atoms with Crippen molar-refractivity contribution in [2.45, 2.75) is 90.3 Å². The summed E-state index contributed by atoms with van der Waals surface area (Å²) in [5, 5.41) is 7.29. The Morgan fingerprint density at radius 1 is 1.14 bits per heavy atom. The number of carbonyl (C=O) groups excluding carboxylic acids is 2. The van der Waals surface area contributed by atoms with Crippen LogP contribution in [0.2, 0.25) is 0 Å². The lowest BCUT2D eigenvalue weighted by Gasteiger charge is -2.48. The summed E-state index contributed by atoms with van der Waals surface area (Å²) >= 11 is 2.27. The molecule has 37 heavy (non-hydrogen) atoms. The summed E-state index contributed by atoms with van der Waals surface area (Å²) in [6.45, 7) is 7.70. The van der Waals surface area contributed by atoms with Crippen molar-refractivity contribution in [3.05, 3.63) is 46.1 Å². The van der Waals surface area contributed by atoms with Gasteiger partial charge in [0.1, 0.15) is 24.3 Å². The zero-order valence-corrected chi connectivity index (χ0v) is 24.4. The Balaban J connectivity index is 1.48. The highest BCUT2D eigenvalue weighted by atomic mass is 127. The van der Waals surface area contributed by atoms with Crippen LogP contribution in [0.5, 0.6) is 0 Å². The van der Waals surface area contributed by atoms with Gasteiger partial charge in [-0.2, -0.15) is 5.10 Å². The molecule has 1 atom stereocenters. The van der Waals surface area contributed by atoms with E-state index in [1.807, 2.05) is 60.9 Å². The van der Waals surface area contributed by atoms with Gasteiger partial charge < -0.3 is 15.0 Å². The molecular weight excluding hydrogens is 581 g/mol. The van der Waals surface area contributed by atoms with Gasteiger partial charge in [-0.05, 0) is 98.1 Å². The lowest BCUT2D eigenvalue weighted by atomic mass is 9.63. The van der Waals surface area contributed by atoms with Crippen molar-refractivity contribution in [2.75, 3.05) is 13.1 Å². The van der Waals surface area contributed by atoms with Crippen LogP contribution in [0.3, 0.4) is 0 Å². The average molecular weight is 622 g/mol. The van der Waals surface area contributed by atoms with Crippen LogP contribution in [0.1, 0.15) is 71.3 Å². The van der Waals surface area contributed by atoms with Gasteiger partial charge in [-0.1, -0.05) is 31.4 Å². The van der Waals surface area contributed by atoms with Crippen LogP contribution in [0, 0.1) is 14.9 Å². The second-order valence-electron chi connectivity index (χ2n) is 11.6. The lowest BCUT2D eigenvalue weighted by molar-refractivity contribution is -0.137. The van der Waals surface area contributed by atoms with Crippen molar-refractivity contribution in [1.29, 1.82) is 0 Å². The van der Waals surface area contributed by atoms with Crippen molar-refractivity contribution < 1.29 is 14.3 Å². The van der Waals surface area contributed by atoms with Crippen molar-refractivity contribution in [1.82, 2.24) is 25.0 Å². The average Bonchev–Trinajstić information content (AvgIpc) is 3.37. The van der Waals surface area contributed by atoms with E-state index in [-0.39, 0.29) is 11.3 Å². The summed E-state index contributed by atoms with van der Waals surface area (Å²) in [6.07, 6.45) is 11.5. The van der Waals surface area contributed by atoms with Gasteiger partial charge in [0.15, 0.2) is 0 Å². The van der Waals surface area contributed by atoms with Crippen LogP contribution in [-0.2, 0) is 22.5 Å². The van der Waals surface area contributed by atoms with Crippen LogP contribution in [0.4, 0.5) is 4.79 Å². The number of ether oxygens (including phenoxy) is 1. The van der Waals surface area contributed by atoms with Crippen molar-refractivity contribution in [3.8, 4) is 0 Å². The summed E-state index contributed by atoms with van der Waals surface area (Å²) in [6, 6.07) is 7.40. The molecule has 1 aliphatic heterocycles. The van der Waals surface area contributed by atoms with E-state index >= 15 is 0 Å². The van der Waals surface area contributed by atoms with E-state index in [9.17, 15) is 9.59 Å². The minimum absolute atomic E-state index is 0.0394. The first-order chi connectivity index (χ1) is 17.6. The van der Waals surface area contributed by atoms with E-state index in [1.165, 1.54) is 32.1 Å². The fraction of sp³-hybridized carbons (Fsp3) is 0.643. The van der Waals surface area contributed by atoms with Crippen LogP contribution in [0.15, 0.2) is 36.9 Å². The molecule has 2 heterocycles. The molecule has 0 unspecified atom stereocenters. The molecule has 4 rings (SSSR count). The molecule has 1 aromatic heterocycles. The molecule has 8 nitrogen and oxygen atoms in total. The zero-order chi connectivity index (χ0) is 26.5. The Morgan fingerprint density at radius 2 is 1.81 bits per heavy atom. The SMILES string of the molecule is CC(C)(C)OC(=O)N[C@H](Cc1ccc(I)cc1)C(=O)N1CCC(Cn2cncn2)(C2CCCCC2)CC1. The number of aromatic nitrogens is 3. The molecule has 2 aromatic rings. The molecule has 1 aromatic carbocycles. The van der Waals surface area contributed by atoms with Gasteiger partial charge >= 0.3 is 6.09 Å². The Bertz CT molecular complexity index is 1020. The first kappa shape index (κ1) is 27.9. The van der Waals surface area contributed by atoms with Gasteiger partial charge in [-0.3, -0.25) is 9.48 Å². The second kappa shape index (κ2) is 12.1. The molecule has 1 N–H and O–H groups in total. The minimum atomic E-state index is -0.674. The summed E-state index contributed by atoms with van der Waals surface area (Å²) in [5.41, 5.74) is 0.497.